The summed E-state index contributed by atoms with van der Waals surface area (Å²) in [6.07, 6.45) is 0.0198. The molecule has 1 aromatic rings. The molecule has 0 saturated carbocycles. The highest BCUT2D eigenvalue weighted by molar-refractivity contribution is 6.00. The Morgan fingerprint density at radius 3 is 2.83 bits per heavy atom. The lowest BCUT2D eigenvalue weighted by Crippen LogP contribution is -2.29. The second kappa shape index (κ2) is 4.64. The van der Waals surface area contributed by atoms with Gasteiger partial charge in [0, 0.05) is 13.0 Å². The zero-order valence-corrected chi connectivity index (χ0v) is 9.85. The van der Waals surface area contributed by atoms with Crippen LogP contribution in [0.15, 0.2) is 18.2 Å². The maximum absolute atomic E-state index is 14.0. The summed E-state index contributed by atoms with van der Waals surface area (Å²) in [5, 5.41) is 0. The standard InChI is InChI=1S/C12H13FN2O3/c1-18-9-4-2-3-8(11(9)13)15-6-7(12(14)17)5-10(15)16/h2-4,7H,5-6H2,1H3,(H2,14,17). The van der Waals surface area contributed by atoms with Crippen molar-refractivity contribution >= 4 is 17.5 Å². The molecule has 1 aliphatic heterocycles. The largest absolute Gasteiger partial charge is 0.494 e. The molecule has 0 aliphatic carbocycles. The highest BCUT2D eigenvalue weighted by Crippen LogP contribution is 2.31. The van der Waals surface area contributed by atoms with Crippen molar-refractivity contribution in [2.75, 3.05) is 18.6 Å². The third kappa shape index (κ3) is 2.01. The van der Waals surface area contributed by atoms with Crippen LogP contribution in [0.5, 0.6) is 5.75 Å². The summed E-state index contributed by atoms with van der Waals surface area (Å²) < 4.78 is 18.8. The van der Waals surface area contributed by atoms with Gasteiger partial charge in [0.2, 0.25) is 11.8 Å². The van der Waals surface area contributed by atoms with Crippen LogP contribution in [0.4, 0.5) is 10.1 Å². The van der Waals surface area contributed by atoms with Crippen LogP contribution in [0.25, 0.3) is 0 Å². The first-order valence-corrected chi connectivity index (χ1v) is 5.46. The minimum Gasteiger partial charge on any atom is -0.494 e. The molecule has 1 aliphatic rings. The van der Waals surface area contributed by atoms with Gasteiger partial charge in [-0.3, -0.25) is 9.59 Å². The van der Waals surface area contributed by atoms with Crippen LogP contribution in [-0.2, 0) is 9.59 Å². The molecule has 1 aromatic carbocycles. The van der Waals surface area contributed by atoms with E-state index in [2.05, 4.69) is 0 Å². The number of nitrogens with zero attached hydrogens (tertiary/aromatic N) is 1. The van der Waals surface area contributed by atoms with Crippen LogP contribution < -0.4 is 15.4 Å². The summed E-state index contributed by atoms with van der Waals surface area (Å²) in [6.45, 7) is 0.109. The van der Waals surface area contributed by atoms with Gasteiger partial charge in [0.1, 0.15) is 0 Å². The molecule has 1 unspecified atom stereocenters. The van der Waals surface area contributed by atoms with Gasteiger partial charge in [-0.1, -0.05) is 6.07 Å². The SMILES string of the molecule is COc1cccc(N2CC(C(N)=O)CC2=O)c1F. The first kappa shape index (κ1) is 12.3. The number of anilines is 1. The van der Waals surface area contributed by atoms with Gasteiger partial charge >= 0.3 is 0 Å². The number of methoxy groups -OCH3 is 1. The van der Waals surface area contributed by atoms with E-state index < -0.39 is 17.6 Å². The van der Waals surface area contributed by atoms with Crippen LogP contribution in [0.1, 0.15) is 6.42 Å². The molecule has 1 atom stereocenters. The number of nitrogens with two attached hydrogens (primary N) is 1. The second-order valence-corrected chi connectivity index (χ2v) is 4.10. The fraction of sp³-hybridized carbons (Fsp3) is 0.333. The van der Waals surface area contributed by atoms with E-state index in [9.17, 15) is 14.0 Å². The fourth-order valence-corrected chi connectivity index (χ4v) is 2.00. The smallest absolute Gasteiger partial charge is 0.227 e. The van der Waals surface area contributed by atoms with E-state index >= 15 is 0 Å². The van der Waals surface area contributed by atoms with Gasteiger partial charge in [-0.25, -0.2) is 4.39 Å². The molecule has 5 nitrogen and oxygen atoms in total. The Bertz CT molecular complexity index is 504. The summed E-state index contributed by atoms with van der Waals surface area (Å²) in [5.41, 5.74) is 5.27. The monoisotopic (exact) mass is 252 g/mol. The average molecular weight is 252 g/mol. The van der Waals surface area contributed by atoms with Crippen molar-refractivity contribution < 1.29 is 18.7 Å². The maximum atomic E-state index is 14.0. The second-order valence-electron chi connectivity index (χ2n) is 4.10. The van der Waals surface area contributed by atoms with Crippen molar-refractivity contribution in [3.63, 3.8) is 0 Å². The summed E-state index contributed by atoms with van der Waals surface area (Å²) in [4.78, 5) is 24.0. The molecule has 0 spiro atoms. The lowest BCUT2D eigenvalue weighted by Gasteiger charge is -2.18. The van der Waals surface area contributed by atoms with E-state index in [4.69, 9.17) is 10.5 Å². The Morgan fingerprint density at radius 2 is 2.28 bits per heavy atom. The Balaban J connectivity index is 2.33. The molecule has 2 rings (SSSR count). The molecule has 2 N–H and O–H groups in total. The highest BCUT2D eigenvalue weighted by atomic mass is 19.1. The number of hydrogen-bond donors (Lipinski definition) is 1. The molecule has 0 bridgehead atoms. The normalized spacial score (nSPS) is 19.1. The molecule has 0 radical (unpaired) electrons. The summed E-state index contributed by atoms with van der Waals surface area (Å²) in [6, 6.07) is 4.52. The molecule has 1 fully saturated rings. The highest BCUT2D eigenvalue weighted by Gasteiger charge is 2.35. The third-order valence-electron chi connectivity index (χ3n) is 2.98. The van der Waals surface area contributed by atoms with E-state index in [1.807, 2.05) is 0 Å². The quantitative estimate of drug-likeness (QED) is 0.859. The average Bonchev–Trinajstić information content (AvgIpc) is 2.72. The van der Waals surface area contributed by atoms with Crippen molar-refractivity contribution in [1.82, 2.24) is 0 Å². The zero-order valence-electron chi connectivity index (χ0n) is 9.85. The topological polar surface area (TPSA) is 72.6 Å². The van der Waals surface area contributed by atoms with E-state index in [0.29, 0.717) is 0 Å². The minimum atomic E-state index is -0.613. The van der Waals surface area contributed by atoms with Gasteiger partial charge < -0.3 is 15.4 Å². The van der Waals surface area contributed by atoms with E-state index in [-0.39, 0.29) is 30.3 Å². The van der Waals surface area contributed by atoms with Crippen molar-refractivity contribution in [2.45, 2.75) is 6.42 Å². The molecule has 96 valence electrons. The summed E-state index contributed by atoms with van der Waals surface area (Å²) >= 11 is 0. The molecule has 2 amide bonds. The van der Waals surface area contributed by atoms with Gasteiger partial charge in [0.05, 0.1) is 18.7 Å². The van der Waals surface area contributed by atoms with Gasteiger partial charge in [-0.15, -0.1) is 0 Å². The predicted octanol–water partition coefficient (Wildman–Crippen LogP) is 0.673. The molecule has 18 heavy (non-hydrogen) atoms. The number of hydrogen-bond acceptors (Lipinski definition) is 3. The van der Waals surface area contributed by atoms with Gasteiger partial charge in [-0.2, -0.15) is 0 Å². The van der Waals surface area contributed by atoms with Crippen molar-refractivity contribution in [3.05, 3.63) is 24.0 Å². The zero-order chi connectivity index (χ0) is 13.3. The maximum Gasteiger partial charge on any atom is 0.227 e. The predicted molar refractivity (Wildman–Crippen MR) is 62.6 cm³/mol. The molecular weight excluding hydrogens is 239 g/mol. The van der Waals surface area contributed by atoms with E-state index in [1.165, 1.54) is 24.1 Å². The number of ether oxygens (including phenoxy) is 1. The van der Waals surface area contributed by atoms with Gasteiger partial charge in [0.25, 0.3) is 0 Å². The fourth-order valence-electron chi connectivity index (χ4n) is 2.00. The molecular formula is C12H13FN2O3. The Labute approximate surface area is 103 Å². The number of carbonyl (C=O) groups excluding carboxylic acids is 2. The Hall–Kier alpha value is -2.11. The number of rotatable bonds is 3. The van der Waals surface area contributed by atoms with E-state index in [0.717, 1.165) is 0 Å². The van der Waals surface area contributed by atoms with Crippen LogP contribution in [0, 0.1) is 11.7 Å². The number of amides is 2. The molecule has 0 aromatic heterocycles. The summed E-state index contributed by atoms with van der Waals surface area (Å²) in [7, 11) is 1.35. The van der Waals surface area contributed by atoms with Crippen LogP contribution in [0.2, 0.25) is 0 Å². The molecule has 1 saturated heterocycles. The number of carbonyl (C=O) groups is 2. The molecule has 1 heterocycles. The van der Waals surface area contributed by atoms with Crippen molar-refractivity contribution in [2.24, 2.45) is 11.7 Å². The lowest BCUT2D eigenvalue weighted by atomic mass is 10.1. The summed E-state index contributed by atoms with van der Waals surface area (Å²) in [5.74, 6) is -1.98. The first-order chi connectivity index (χ1) is 8.54. The van der Waals surface area contributed by atoms with Crippen LogP contribution in [-0.4, -0.2) is 25.5 Å². The number of primary amides is 1. The minimum absolute atomic E-state index is 0.0198. The lowest BCUT2D eigenvalue weighted by molar-refractivity contribution is -0.123. The van der Waals surface area contributed by atoms with Crippen LogP contribution >= 0.6 is 0 Å². The number of benzene rings is 1. The van der Waals surface area contributed by atoms with Crippen molar-refractivity contribution in [3.8, 4) is 5.75 Å². The first-order valence-electron chi connectivity index (χ1n) is 5.46. The van der Waals surface area contributed by atoms with Gasteiger partial charge in [0.15, 0.2) is 11.6 Å². The third-order valence-corrected chi connectivity index (χ3v) is 2.98. The Kier molecular flexibility index (Phi) is 3.18. The molecule has 6 heteroatoms. The van der Waals surface area contributed by atoms with Gasteiger partial charge in [-0.05, 0) is 12.1 Å². The number of halogens is 1. The van der Waals surface area contributed by atoms with Crippen LogP contribution in [0.3, 0.4) is 0 Å². The van der Waals surface area contributed by atoms with Crippen molar-refractivity contribution in [1.29, 1.82) is 0 Å². The van der Waals surface area contributed by atoms with E-state index in [1.54, 1.807) is 6.07 Å². The Morgan fingerprint density at radius 1 is 1.56 bits per heavy atom.